The van der Waals surface area contributed by atoms with Gasteiger partial charge in [0.15, 0.2) is 0 Å². The molecule has 1 heterocycles. The Kier molecular flexibility index (Phi) is 3.77. The molecule has 3 rings (SSSR count). The fourth-order valence-corrected chi connectivity index (χ4v) is 2.73. The van der Waals surface area contributed by atoms with E-state index in [2.05, 4.69) is 34.5 Å². The number of nitrogen functional groups attached to an aromatic ring is 1. The SMILES string of the molecule is Nc1ccc(NCc2ccccc2N2CCCC2)cc1. The van der Waals surface area contributed by atoms with Gasteiger partial charge in [-0.15, -0.1) is 0 Å². The summed E-state index contributed by atoms with van der Waals surface area (Å²) in [5.41, 5.74) is 10.3. The van der Waals surface area contributed by atoms with Gasteiger partial charge >= 0.3 is 0 Å². The summed E-state index contributed by atoms with van der Waals surface area (Å²) in [6.45, 7) is 3.20. The van der Waals surface area contributed by atoms with E-state index in [0.717, 1.165) is 17.9 Å². The van der Waals surface area contributed by atoms with Crippen molar-refractivity contribution in [3.8, 4) is 0 Å². The van der Waals surface area contributed by atoms with E-state index >= 15 is 0 Å². The lowest BCUT2D eigenvalue weighted by Gasteiger charge is -2.21. The van der Waals surface area contributed by atoms with Gasteiger partial charge in [0.1, 0.15) is 0 Å². The van der Waals surface area contributed by atoms with E-state index in [4.69, 9.17) is 5.73 Å². The number of para-hydroxylation sites is 1. The highest BCUT2D eigenvalue weighted by Crippen LogP contribution is 2.25. The van der Waals surface area contributed by atoms with E-state index in [9.17, 15) is 0 Å². The highest BCUT2D eigenvalue weighted by Gasteiger charge is 2.14. The molecular formula is C17H21N3. The van der Waals surface area contributed by atoms with Gasteiger partial charge in [-0.25, -0.2) is 0 Å². The summed E-state index contributed by atoms with van der Waals surface area (Å²) in [6.07, 6.45) is 2.61. The number of anilines is 3. The van der Waals surface area contributed by atoms with Crippen LogP contribution in [0.25, 0.3) is 0 Å². The Bertz CT molecular complexity index is 557. The molecule has 1 aliphatic heterocycles. The smallest absolute Gasteiger partial charge is 0.0421 e. The molecular weight excluding hydrogens is 246 g/mol. The predicted molar refractivity (Wildman–Crippen MR) is 86.1 cm³/mol. The Morgan fingerprint density at radius 1 is 0.950 bits per heavy atom. The topological polar surface area (TPSA) is 41.3 Å². The summed E-state index contributed by atoms with van der Waals surface area (Å²) >= 11 is 0. The zero-order valence-electron chi connectivity index (χ0n) is 11.7. The lowest BCUT2D eigenvalue weighted by Crippen LogP contribution is -2.19. The first-order valence-corrected chi connectivity index (χ1v) is 7.25. The first kappa shape index (κ1) is 12.9. The van der Waals surface area contributed by atoms with Crippen LogP contribution in [0, 0.1) is 0 Å². The third-order valence-electron chi connectivity index (χ3n) is 3.83. The average Bonchev–Trinajstić information content (AvgIpc) is 3.01. The maximum atomic E-state index is 5.71. The molecule has 1 fully saturated rings. The molecule has 0 unspecified atom stereocenters. The van der Waals surface area contributed by atoms with E-state index in [1.165, 1.54) is 37.2 Å². The number of hydrogen-bond donors (Lipinski definition) is 2. The molecule has 0 aliphatic carbocycles. The van der Waals surface area contributed by atoms with Crippen LogP contribution in [-0.4, -0.2) is 13.1 Å². The van der Waals surface area contributed by atoms with Crippen molar-refractivity contribution in [2.24, 2.45) is 0 Å². The van der Waals surface area contributed by atoms with Gasteiger partial charge in [-0.05, 0) is 48.7 Å². The second-order valence-electron chi connectivity index (χ2n) is 5.30. The lowest BCUT2D eigenvalue weighted by atomic mass is 10.1. The standard InChI is InChI=1S/C17H21N3/c18-15-7-9-16(10-8-15)19-13-14-5-1-2-6-17(14)20-11-3-4-12-20/h1-2,5-10,19H,3-4,11-13,18H2. The number of nitrogens with two attached hydrogens (primary N) is 1. The van der Waals surface area contributed by atoms with Crippen molar-refractivity contribution in [3.63, 3.8) is 0 Å². The minimum atomic E-state index is 0.799. The molecule has 0 saturated carbocycles. The van der Waals surface area contributed by atoms with Gasteiger partial charge in [-0.3, -0.25) is 0 Å². The molecule has 0 amide bonds. The van der Waals surface area contributed by atoms with Gasteiger partial charge in [-0.2, -0.15) is 0 Å². The predicted octanol–water partition coefficient (Wildman–Crippen LogP) is 3.48. The van der Waals surface area contributed by atoms with Crippen LogP contribution in [0.5, 0.6) is 0 Å². The Morgan fingerprint density at radius 3 is 2.40 bits per heavy atom. The van der Waals surface area contributed by atoms with E-state index < -0.39 is 0 Å². The molecule has 0 atom stereocenters. The summed E-state index contributed by atoms with van der Waals surface area (Å²) in [4.78, 5) is 2.49. The normalized spacial score (nSPS) is 14.5. The van der Waals surface area contributed by atoms with E-state index in [1.807, 2.05) is 24.3 Å². The highest BCUT2D eigenvalue weighted by molar-refractivity contribution is 5.57. The van der Waals surface area contributed by atoms with Gasteiger partial charge in [0.2, 0.25) is 0 Å². The first-order valence-electron chi connectivity index (χ1n) is 7.25. The Morgan fingerprint density at radius 2 is 1.65 bits per heavy atom. The van der Waals surface area contributed by atoms with Crippen LogP contribution >= 0.6 is 0 Å². The van der Waals surface area contributed by atoms with Crippen molar-refractivity contribution in [1.82, 2.24) is 0 Å². The summed E-state index contributed by atoms with van der Waals surface area (Å²) < 4.78 is 0. The van der Waals surface area contributed by atoms with E-state index in [1.54, 1.807) is 0 Å². The molecule has 2 aromatic carbocycles. The Balaban J connectivity index is 1.72. The summed E-state index contributed by atoms with van der Waals surface area (Å²) in [6, 6.07) is 16.6. The minimum Gasteiger partial charge on any atom is -0.399 e. The minimum absolute atomic E-state index is 0.799. The van der Waals surface area contributed by atoms with Crippen molar-refractivity contribution in [1.29, 1.82) is 0 Å². The maximum absolute atomic E-state index is 5.71. The van der Waals surface area contributed by atoms with Crippen LogP contribution in [-0.2, 0) is 6.54 Å². The van der Waals surface area contributed by atoms with Gasteiger partial charge in [0, 0.05) is 36.7 Å². The summed E-state index contributed by atoms with van der Waals surface area (Å²) in [5.74, 6) is 0. The van der Waals surface area contributed by atoms with Crippen molar-refractivity contribution in [2.45, 2.75) is 19.4 Å². The monoisotopic (exact) mass is 267 g/mol. The van der Waals surface area contributed by atoms with Gasteiger partial charge < -0.3 is 16.0 Å². The van der Waals surface area contributed by atoms with Crippen molar-refractivity contribution in [3.05, 3.63) is 54.1 Å². The Labute approximate surface area is 120 Å². The molecule has 0 aromatic heterocycles. The fraction of sp³-hybridized carbons (Fsp3) is 0.294. The van der Waals surface area contributed by atoms with Crippen LogP contribution in [0.15, 0.2) is 48.5 Å². The number of hydrogen-bond acceptors (Lipinski definition) is 3. The molecule has 2 aromatic rings. The van der Waals surface area contributed by atoms with Crippen LogP contribution in [0.3, 0.4) is 0 Å². The lowest BCUT2D eigenvalue weighted by molar-refractivity contribution is 0.949. The zero-order valence-corrected chi connectivity index (χ0v) is 11.7. The molecule has 0 bridgehead atoms. The molecule has 3 N–H and O–H groups in total. The van der Waals surface area contributed by atoms with Crippen molar-refractivity contribution >= 4 is 17.1 Å². The highest BCUT2D eigenvalue weighted by atomic mass is 15.1. The number of rotatable bonds is 4. The third-order valence-corrected chi connectivity index (χ3v) is 3.83. The quantitative estimate of drug-likeness (QED) is 0.833. The second-order valence-corrected chi connectivity index (χ2v) is 5.30. The molecule has 0 radical (unpaired) electrons. The van der Waals surface area contributed by atoms with Gasteiger partial charge in [-0.1, -0.05) is 18.2 Å². The largest absolute Gasteiger partial charge is 0.399 e. The summed E-state index contributed by atoms with van der Waals surface area (Å²) in [5, 5.41) is 3.47. The van der Waals surface area contributed by atoms with Crippen LogP contribution in [0.1, 0.15) is 18.4 Å². The molecule has 1 aliphatic rings. The molecule has 3 nitrogen and oxygen atoms in total. The second kappa shape index (κ2) is 5.87. The number of nitrogens with zero attached hydrogens (tertiary/aromatic N) is 1. The third kappa shape index (κ3) is 2.87. The van der Waals surface area contributed by atoms with Crippen molar-refractivity contribution < 1.29 is 0 Å². The number of benzene rings is 2. The average molecular weight is 267 g/mol. The van der Waals surface area contributed by atoms with Gasteiger partial charge in [0.05, 0.1) is 0 Å². The van der Waals surface area contributed by atoms with Crippen LogP contribution in [0.2, 0.25) is 0 Å². The molecule has 1 saturated heterocycles. The molecule has 20 heavy (non-hydrogen) atoms. The Hall–Kier alpha value is -2.16. The van der Waals surface area contributed by atoms with E-state index in [-0.39, 0.29) is 0 Å². The number of nitrogens with one attached hydrogen (secondary N) is 1. The molecule has 104 valence electrons. The van der Waals surface area contributed by atoms with Crippen LogP contribution < -0.4 is 16.0 Å². The zero-order chi connectivity index (χ0) is 13.8. The molecule has 3 heteroatoms. The van der Waals surface area contributed by atoms with Gasteiger partial charge in [0.25, 0.3) is 0 Å². The molecule has 0 spiro atoms. The van der Waals surface area contributed by atoms with E-state index in [0.29, 0.717) is 0 Å². The first-order chi connectivity index (χ1) is 9.83. The fourth-order valence-electron chi connectivity index (χ4n) is 2.73. The van der Waals surface area contributed by atoms with Crippen molar-refractivity contribution in [2.75, 3.05) is 29.0 Å². The maximum Gasteiger partial charge on any atom is 0.0421 e. The van der Waals surface area contributed by atoms with Crippen LogP contribution in [0.4, 0.5) is 17.1 Å². The summed E-state index contributed by atoms with van der Waals surface area (Å²) in [7, 11) is 0.